The number of para-hydroxylation sites is 1. The van der Waals surface area contributed by atoms with E-state index >= 15 is 0 Å². The smallest absolute Gasteiger partial charge is 0.268 e. The van der Waals surface area contributed by atoms with Crippen molar-refractivity contribution in [2.75, 3.05) is 0 Å². The molecule has 0 aliphatic carbocycles. The van der Waals surface area contributed by atoms with Gasteiger partial charge in [0.2, 0.25) is 0 Å². The summed E-state index contributed by atoms with van der Waals surface area (Å²) in [6.45, 7) is 0. The van der Waals surface area contributed by atoms with E-state index in [9.17, 15) is 4.79 Å². The number of nitrogens with zero attached hydrogens (tertiary/aromatic N) is 2. The first-order valence-electron chi connectivity index (χ1n) is 6.80. The summed E-state index contributed by atoms with van der Waals surface area (Å²) in [4.78, 5) is 18.1. The van der Waals surface area contributed by atoms with E-state index in [0.29, 0.717) is 11.6 Å². The van der Waals surface area contributed by atoms with Gasteiger partial charge >= 0.3 is 0 Å². The summed E-state index contributed by atoms with van der Waals surface area (Å²) in [5.41, 5.74) is 5.92. The van der Waals surface area contributed by atoms with E-state index in [1.165, 1.54) is 0 Å². The van der Waals surface area contributed by atoms with Crippen LogP contribution in [0.1, 0.15) is 16.2 Å². The van der Waals surface area contributed by atoms with Crippen LogP contribution in [0.2, 0.25) is 0 Å². The normalized spacial score (nSPS) is 10.0. The van der Waals surface area contributed by atoms with Crippen molar-refractivity contribution in [3.05, 3.63) is 66.0 Å². The lowest BCUT2D eigenvalue weighted by atomic mass is 10.2. The number of H-pyrrole nitrogens is 1. The van der Waals surface area contributed by atoms with Gasteiger partial charge in [-0.3, -0.25) is 4.79 Å². The topological polar surface area (TPSA) is 105 Å². The number of hydrogen-bond acceptors (Lipinski definition) is 4. The van der Waals surface area contributed by atoms with Gasteiger partial charge in [-0.1, -0.05) is 18.2 Å². The maximum absolute atomic E-state index is 11.3. The zero-order chi connectivity index (χ0) is 16.2. The third kappa shape index (κ3) is 3.04. The van der Waals surface area contributed by atoms with Crippen molar-refractivity contribution in [2.45, 2.75) is 0 Å². The number of benzene rings is 2. The summed E-state index contributed by atoms with van der Waals surface area (Å²) in [7, 11) is 0. The molecule has 0 spiro atoms. The highest BCUT2D eigenvalue weighted by Crippen LogP contribution is 2.25. The summed E-state index contributed by atoms with van der Waals surface area (Å²) in [5, 5.41) is 8.98. The maximum Gasteiger partial charge on any atom is 0.268 e. The van der Waals surface area contributed by atoms with Crippen molar-refractivity contribution >= 4 is 5.91 Å². The van der Waals surface area contributed by atoms with Crippen LogP contribution in [0.4, 0.5) is 0 Å². The average Bonchev–Trinajstić information content (AvgIpc) is 3.01. The van der Waals surface area contributed by atoms with Crippen molar-refractivity contribution in [1.29, 1.82) is 5.26 Å². The Labute approximate surface area is 132 Å². The molecule has 112 valence electrons. The predicted molar refractivity (Wildman–Crippen MR) is 83.8 cm³/mol. The minimum atomic E-state index is -0.718. The van der Waals surface area contributed by atoms with Crippen LogP contribution in [0.15, 0.2) is 54.6 Å². The molecule has 0 radical (unpaired) electrons. The monoisotopic (exact) mass is 304 g/mol. The largest absolute Gasteiger partial charge is 0.457 e. The third-order valence-corrected chi connectivity index (χ3v) is 3.16. The number of carbonyl (C=O) groups is 1. The van der Waals surface area contributed by atoms with Crippen LogP contribution in [0.3, 0.4) is 0 Å². The molecule has 0 fully saturated rings. The number of nitrogens with one attached hydrogen (secondary N) is 1. The lowest BCUT2D eigenvalue weighted by Crippen LogP contribution is -2.13. The van der Waals surface area contributed by atoms with E-state index in [1.807, 2.05) is 36.4 Å². The van der Waals surface area contributed by atoms with Crippen LogP contribution in [0.5, 0.6) is 11.5 Å². The van der Waals surface area contributed by atoms with Gasteiger partial charge in [0.25, 0.3) is 5.91 Å². The molecular formula is C17H12N4O2. The van der Waals surface area contributed by atoms with Crippen molar-refractivity contribution in [3.8, 4) is 29.0 Å². The molecule has 3 aromatic rings. The van der Waals surface area contributed by atoms with Crippen molar-refractivity contribution in [2.24, 2.45) is 5.73 Å². The summed E-state index contributed by atoms with van der Waals surface area (Å²) < 4.78 is 5.70. The van der Waals surface area contributed by atoms with Gasteiger partial charge in [-0.2, -0.15) is 5.26 Å². The van der Waals surface area contributed by atoms with E-state index in [1.54, 1.807) is 24.3 Å². The molecule has 0 saturated carbocycles. The van der Waals surface area contributed by atoms with E-state index < -0.39 is 5.91 Å². The molecule has 0 aliphatic rings. The Morgan fingerprint density at radius 3 is 2.30 bits per heavy atom. The summed E-state index contributed by atoms with van der Waals surface area (Å²) in [6, 6.07) is 18.4. The molecule has 6 nitrogen and oxygen atoms in total. The molecule has 3 N–H and O–H groups in total. The van der Waals surface area contributed by atoms with Crippen molar-refractivity contribution in [3.63, 3.8) is 0 Å². The zero-order valence-corrected chi connectivity index (χ0v) is 12.0. The quantitative estimate of drug-likeness (QED) is 0.773. The number of imidazole rings is 1. The third-order valence-electron chi connectivity index (χ3n) is 3.16. The molecule has 0 saturated heterocycles. The Bertz CT molecular complexity index is 877. The minimum Gasteiger partial charge on any atom is -0.457 e. The average molecular weight is 304 g/mol. The number of hydrogen-bond donors (Lipinski definition) is 2. The standard InChI is InChI=1S/C17H12N4O2/c18-10-14-15(16(19)22)21-17(20-14)11-6-8-13(9-7-11)23-12-4-2-1-3-5-12/h1-9H,(H2,19,22)(H,20,21). The molecule has 3 rings (SSSR count). The van der Waals surface area contributed by atoms with Crippen molar-refractivity contribution < 1.29 is 9.53 Å². The highest BCUT2D eigenvalue weighted by molar-refractivity contribution is 5.93. The molecule has 0 bridgehead atoms. The van der Waals surface area contributed by atoms with Crippen LogP contribution in [-0.4, -0.2) is 15.9 Å². The van der Waals surface area contributed by atoms with Gasteiger partial charge < -0.3 is 15.5 Å². The number of aromatic nitrogens is 2. The van der Waals surface area contributed by atoms with Gasteiger partial charge in [0, 0.05) is 5.56 Å². The second kappa shape index (κ2) is 6.03. The van der Waals surface area contributed by atoms with Gasteiger partial charge in [-0.05, 0) is 36.4 Å². The van der Waals surface area contributed by atoms with Crippen LogP contribution >= 0.6 is 0 Å². The van der Waals surface area contributed by atoms with E-state index in [4.69, 9.17) is 15.7 Å². The minimum absolute atomic E-state index is 0.00659. The first-order valence-corrected chi connectivity index (χ1v) is 6.80. The van der Waals surface area contributed by atoms with Crippen LogP contribution in [0.25, 0.3) is 11.4 Å². The molecular weight excluding hydrogens is 292 g/mol. The van der Waals surface area contributed by atoms with Gasteiger partial charge in [-0.25, -0.2) is 4.98 Å². The first-order chi connectivity index (χ1) is 11.2. The fourth-order valence-electron chi connectivity index (χ4n) is 2.07. The Morgan fingerprint density at radius 1 is 1.09 bits per heavy atom. The molecule has 0 atom stereocenters. The number of carbonyl (C=O) groups excluding carboxylic acids is 1. The summed E-state index contributed by atoms with van der Waals surface area (Å²) in [6.07, 6.45) is 0. The molecule has 0 unspecified atom stereocenters. The van der Waals surface area contributed by atoms with Gasteiger partial charge in [-0.15, -0.1) is 0 Å². The second-order valence-electron chi connectivity index (χ2n) is 4.72. The molecule has 1 amide bonds. The van der Waals surface area contributed by atoms with Gasteiger partial charge in [0.1, 0.15) is 29.1 Å². The lowest BCUT2D eigenvalue weighted by molar-refractivity contribution is 0.0996. The van der Waals surface area contributed by atoms with Crippen LogP contribution < -0.4 is 10.5 Å². The van der Waals surface area contributed by atoms with Gasteiger partial charge in [0.05, 0.1) is 0 Å². The fraction of sp³-hybridized carbons (Fsp3) is 0. The number of aromatic amines is 1. The summed E-state index contributed by atoms with van der Waals surface area (Å²) in [5.74, 6) is 1.09. The number of nitriles is 1. The summed E-state index contributed by atoms with van der Waals surface area (Å²) >= 11 is 0. The van der Waals surface area contributed by atoms with Crippen molar-refractivity contribution in [1.82, 2.24) is 9.97 Å². The second-order valence-corrected chi connectivity index (χ2v) is 4.72. The fourth-order valence-corrected chi connectivity index (χ4v) is 2.07. The molecule has 2 aromatic carbocycles. The molecule has 1 aromatic heterocycles. The predicted octanol–water partition coefficient (Wildman–Crippen LogP) is 2.84. The maximum atomic E-state index is 11.3. The Morgan fingerprint density at radius 2 is 1.74 bits per heavy atom. The van der Waals surface area contributed by atoms with Crippen LogP contribution in [-0.2, 0) is 0 Å². The van der Waals surface area contributed by atoms with Crippen LogP contribution in [0, 0.1) is 11.3 Å². The number of amides is 1. The SMILES string of the molecule is N#Cc1nc(-c2ccc(Oc3ccccc3)cc2)[nH]c1C(N)=O. The zero-order valence-electron chi connectivity index (χ0n) is 12.0. The highest BCUT2D eigenvalue weighted by atomic mass is 16.5. The molecule has 1 heterocycles. The molecule has 0 aliphatic heterocycles. The number of nitrogens with two attached hydrogens (primary N) is 1. The molecule has 6 heteroatoms. The van der Waals surface area contributed by atoms with E-state index in [2.05, 4.69) is 9.97 Å². The first kappa shape index (κ1) is 14.4. The number of primary amides is 1. The van der Waals surface area contributed by atoms with Gasteiger partial charge in [0.15, 0.2) is 5.69 Å². The number of ether oxygens (including phenoxy) is 1. The molecule has 23 heavy (non-hydrogen) atoms. The Balaban J connectivity index is 1.85. The Kier molecular flexibility index (Phi) is 3.77. The Hall–Kier alpha value is -3.59. The van der Waals surface area contributed by atoms with E-state index in [0.717, 1.165) is 11.3 Å². The highest BCUT2D eigenvalue weighted by Gasteiger charge is 2.15. The van der Waals surface area contributed by atoms with E-state index in [-0.39, 0.29) is 11.4 Å². The number of rotatable bonds is 4. The lowest BCUT2D eigenvalue weighted by Gasteiger charge is -2.05.